The standard InChI is InChI=1S/C25H32O4/c1-19(2)20(3)24(26)29-18-16-27-15-17-28-23-13-11-22(12-14-23)25(4,5)21-9-7-6-8-10-21/h6-14,19H,3,15-18H2,1-2,4-5H3. The molecule has 0 aliphatic rings. The highest BCUT2D eigenvalue weighted by molar-refractivity contribution is 5.88. The highest BCUT2D eigenvalue weighted by Gasteiger charge is 2.22. The van der Waals surface area contributed by atoms with E-state index in [9.17, 15) is 4.79 Å². The molecule has 29 heavy (non-hydrogen) atoms. The van der Waals surface area contributed by atoms with E-state index in [0.29, 0.717) is 25.4 Å². The molecule has 0 heterocycles. The Labute approximate surface area is 174 Å². The zero-order valence-corrected chi connectivity index (χ0v) is 17.9. The topological polar surface area (TPSA) is 44.8 Å². The lowest BCUT2D eigenvalue weighted by atomic mass is 9.78. The molecule has 4 nitrogen and oxygen atoms in total. The minimum atomic E-state index is -0.363. The first-order chi connectivity index (χ1) is 13.8. The van der Waals surface area contributed by atoms with Crippen molar-refractivity contribution in [1.82, 2.24) is 0 Å². The van der Waals surface area contributed by atoms with Crippen LogP contribution in [0.2, 0.25) is 0 Å². The molecule has 0 N–H and O–H groups in total. The molecule has 0 amide bonds. The minimum absolute atomic E-state index is 0.0682. The van der Waals surface area contributed by atoms with Gasteiger partial charge in [0.15, 0.2) is 0 Å². The molecule has 0 saturated heterocycles. The fourth-order valence-electron chi connectivity index (χ4n) is 2.83. The maximum Gasteiger partial charge on any atom is 0.333 e. The van der Waals surface area contributed by atoms with Crippen molar-refractivity contribution in [3.8, 4) is 5.75 Å². The van der Waals surface area contributed by atoms with Gasteiger partial charge in [-0.3, -0.25) is 0 Å². The third kappa shape index (κ3) is 6.75. The van der Waals surface area contributed by atoms with Crippen LogP contribution in [-0.4, -0.2) is 32.4 Å². The molecule has 4 heteroatoms. The van der Waals surface area contributed by atoms with Crippen molar-refractivity contribution in [2.75, 3.05) is 26.4 Å². The third-order valence-corrected chi connectivity index (χ3v) is 4.99. The van der Waals surface area contributed by atoms with Gasteiger partial charge in [-0.1, -0.05) is 76.7 Å². The predicted octanol–water partition coefficient (Wildman–Crippen LogP) is 5.16. The largest absolute Gasteiger partial charge is 0.491 e. The lowest BCUT2D eigenvalue weighted by molar-refractivity contribution is -0.141. The second kappa shape index (κ2) is 10.8. The van der Waals surface area contributed by atoms with E-state index in [1.165, 1.54) is 11.1 Å². The van der Waals surface area contributed by atoms with Gasteiger partial charge in [0.05, 0.1) is 13.2 Å². The van der Waals surface area contributed by atoms with Crippen molar-refractivity contribution >= 4 is 5.97 Å². The lowest BCUT2D eigenvalue weighted by Crippen LogP contribution is -2.18. The summed E-state index contributed by atoms with van der Waals surface area (Å²) in [7, 11) is 0. The summed E-state index contributed by atoms with van der Waals surface area (Å²) in [6, 6.07) is 18.6. The molecule has 0 radical (unpaired) electrons. The number of rotatable bonds is 11. The number of carbonyl (C=O) groups is 1. The Morgan fingerprint density at radius 1 is 0.897 bits per heavy atom. The van der Waals surface area contributed by atoms with E-state index >= 15 is 0 Å². The third-order valence-electron chi connectivity index (χ3n) is 4.99. The van der Waals surface area contributed by atoms with E-state index < -0.39 is 0 Å². The van der Waals surface area contributed by atoms with E-state index in [1.54, 1.807) is 0 Å². The van der Waals surface area contributed by atoms with Gasteiger partial charge < -0.3 is 14.2 Å². The summed E-state index contributed by atoms with van der Waals surface area (Å²) in [5, 5.41) is 0. The maximum atomic E-state index is 11.6. The zero-order valence-electron chi connectivity index (χ0n) is 17.9. The first-order valence-corrected chi connectivity index (χ1v) is 10.0. The number of carbonyl (C=O) groups excluding carboxylic acids is 1. The van der Waals surface area contributed by atoms with Crippen LogP contribution in [0.5, 0.6) is 5.75 Å². The number of hydrogen-bond acceptors (Lipinski definition) is 4. The number of esters is 1. The maximum absolute atomic E-state index is 11.6. The van der Waals surface area contributed by atoms with Gasteiger partial charge in [0, 0.05) is 11.0 Å². The molecule has 0 spiro atoms. The molecule has 0 fully saturated rings. The van der Waals surface area contributed by atoms with E-state index in [-0.39, 0.29) is 23.9 Å². The smallest absolute Gasteiger partial charge is 0.333 e. The molecule has 0 aliphatic carbocycles. The number of hydrogen-bond donors (Lipinski definition) is 0. The molecule has 0 bridgehead atoms. The van der Waals surface area contributed by atoms with Crippen molar-refractivity contribution in [3.63, 3.8) is 0 Å². The van der Waals surface area contributed by atoms with E-state index in [2.05, 4.69) is 56.8 Å². The van der Waals surface area contributed by atoms with Crippen LogP contribution in [0.25, 0.3) is 0 Å². The van der Waals surface area contributed by atoms with Gasteiger partial charge in [-0.15, -0.1) is 0 Å². The average Bonchev–Trinajstić information content (AvgIpc) is 2.73. The zero-order chi connectivity index (χ0) is 21.3. The van der Waals surface area contributed by atoms with Crippen molar-refractivity contribution in [2.45, 2.75) is 33.1 Å². The van der Waals surface area contributed by atoms with Crippen molar-refractivity contribution in [3.05, 3.63) is 77.9 Å². The average molecular weight is 397 g/mol. The summed E-state index contributed by atoms with van der Waals surface area (Å²) < 4.78 is 16.3. The molecular formula is C25H32O4. The summed E-state index contributed by atoms with van der Waals surface area (Å²) in [4.78, 5) is 11.6. The summed E-state index contributed by atoms with van der Waals surface area (Å²) in [6.07, 6.45) is 0. The molecule has 156 valence electrons. The van der Waals surface area contributed by atoms with Crippen molar-refractivity contribution < 1.29 is 19.0 Å². The van der Waals surface area contributed by atoms with Crippen LogP contribution in [0.1, 0.15) is 38.8 Å². The fourth-order valence-corrected chi connectivity index (χ4v) is 2.83. The van der Waals surface area contributed by atoms with Gasteiger partial charge in [-0.25, -0.2) is 4.79 Å². The number of benzene rings is 2. The molecule has 0 saturated carbocycles. The molecule has 2 aromatic rings. The van der Waals surface area contributed by atoms with Crippen molar-refractivity contribution in [2.24, 2.45) is 5.92 Å². The fraction of sp³-hybridized carbons (Fsp3) is 0.400. The van der Waals surface area contributed by atoms with Gasteiger partial charge in [-0.2, -0.15) is 0 Å². The van der Waals surface area contributed by atoms with Crippen LogP contribution < -0.4 is 4.74 Å². The molecule has 2 rings (SSSR count). The van der Waals surface area contributed by atoms with Crippen LogP contribution in [0.15, 0.2) is 66.7 Å². The number of ether oxygens (including phenoxy) is 3. The van der Waals surface area contributed by atoms with Crippen LogP contribution in [0.4, 0.5) is 0 Å². The Hall–Kier alpha value is -2.59. The van der Waals surface area contributed by atoms with Crippen LogP contribution >= 0.6 is 0 Å². The first-order valence-electron chi connectivity index (χ1n) is 10.0. The molecule has 0 aliphatic heterocycles. The first kappa shape index (κ1) is 22.7. The van der Waals surface area contributed by atoms with Crippen molar-refractivity contribution in [1.29, 1.82) is 0 Å². The van der Waals surface area contributed by atoms with Crippen LogP contribution in [-0.2, 0) is 19.7 Å². The van der Waals surface area contributed by atoms with E-state index in [1.807, 2.05) is 32.0 Å². The highest BCUT2D eigenvalue weighted by Crippen LogP contribution is 2.32. The van der Waals surface area contributed by atoms with E-state index in [4.69, 9.17) is 14.2 Å². The predicted molar refractivity (Wildman–Crippen MR) is 116 cm³/mol. The highest BCUT2D eigenvalue weighted by atomic mass is 16.6. The van der Waals surface area contributed by atoms with Gasteiger partial charge >= 0.3 is 5.97 Å². The Morgan fingerprint density at radius 2 is 1.48 bits per heavy atom. The van der Waals surface area contributed by atoms with Gasteiger partial charge in [0.2, 0.25) is 0 Å². The normalized spacial score (nSPS) is 11.3. The molecule has 0 atom stereocenters. The minimum Gasteiger partial charge on any atom is -0.491 e. The van der Waals surface area contributed by atoms with Gasteiger partial charge in [0.1, 0.15) is 19.0 Å². The quantitative estimate of drug-likeness (QED) is 0.299. The molecule has 0 unspecified atom stereocenters. The monoisotopic (exact) mass is 396 g/mol. The van der Waals surface area contributed by atoms with E-state index in [0.717, 1.165) is 5.75 Å². The molecule has 0 aromatic heterocycles. The Bertz CT molecular complexity index is 776. The SMILES string of the molecule is C=C(C(=O)OCCOCCOc1ccc(C(C)(C)c2ccccc2)cc1)C(C)C. The lowest BCUT2D eigenvalue weighted by Gasteiger charge is -2.26. The molecular weight excluding hydrogens is 364 g/mol. The van der Waals surface area contributed by atoms with Crippen LogP contribution in [0, 0.1) is 5.92 Å². The summed E-state index contributed by atoms with van der Waals surface area (Å²) in [6.45, 7) is 13.4. The Balaban J connectivity index is 1.69. The second-order valence-electron chi connectivity index (χ2n) is 7.79. The van der Waals surface area contributed by atoms with Crippen LogP contribution in [0.3, 0.4) is 0 Å². The van der Waals surface area contributed by atoms with Gasteiger partial charge in [-0.05, 0) is 29.2 Å². The second-order valence-corrected chi connectivity index (χ2v) is 7.79. The summed E-state index contributed by atoms with van der Waals surface area (Å²) >= 11 is 0. The Kier molecular flexibility index (Phi) is 8.47. The molecule has 2 aromatic carbocycles. The Morgan fingerprint density at radius 3 is 2.10 bits per heavy atom. The summed E-state index contributed by atoms with van der Waals surface area (Å²) in [5.74, 6) is 0.528. The summed E-state index contributed by atoms with van der Waals surface area (Å²) in [5.41, 5.74) is 2.92. The van der Waals surface area contributed by atoms with Gasteiger partial charge in [0.25, 0.3) is 0 Å².